The maximum Gasteiger partial charge on any atom is 0.152 e. The van der Waals surface area contributed by atoms with Crippen molar-refractivity contribution < 1.29 is 0 Å². The van der Waals surface area contributed by atoms with E-state index in [9.17, 15) is 0 Å². The molecule has 0 amide bonds. The van der Waals surface area contributed by atoms with E-state index >= 15 is 0 Å². The number of anilines is 4. The maximum absolute atomic E-state index is 4.40. The minimum atomic E-state index is 0.792. The molecule has 1 aliphatic heterocycles. The third kappa shape index (κ3) is 2.65. The van der Waals surface area contributed by atoms with E-state index < -0.39 is 0 Å². The molecule has 0 saturated carbocycles. The van der Waals surface area contributed by atoms with E-state index in [0.29, 0.717) is 0 Å². The number of fused-ring (bicyclic) bond motifs is 1. The van der Waals surface area contributed by atoms with Crippen LogP contribution in [-0.2, 0) is 0 Å². The van der Waals surface area contributed by atoms with Gasteiger partial charge in [0.25, 0.3) is 0 Å². The molecule has 3 heterocycles. The van der Waals surface area contributed by atoms with E-state index in [4.69, 9.17) is 0 Å². The first kappa shape index (κ1) is 15.7. The summed E-state index contributed by atoms with van der Waals surface area (Å²) >= 11 is 0. The van der Waals surface area contributed by atoms with Gasteiger partial charge in [0, 0.05) is 31.2 Å². The number of aromatic nitrogens is 4. The smallest absolute Gasteiger partial charge is 0.152 e. The molecule has 7 heteroatoms. The highest BCUT2D eigenvalue weighted by atomic mass is 15.6. The molecule has 0 radical (unpaired) electrons. The van der Waals surface area contributed by atoms with Crippen LogP contribution < -0.4 is 15.8 Å². The molecule has 0 spiro atoms. The van der Waals surface area contributed by atoms with E-state index in [1.165, 1.54) is 16.9 Å². The Morgan fingerprint density at radius 2 is 1.93 bits per heavy atom. The molecule has 0 aliphatic carbocycles. The van der Waals surface area contributed by atoms with Crippen molar-refractivity contribution in [1.29, 1.82) is 0 Å². The number of H-pyrrole nitrogens is 1. The van der Waals surface area contributed by atoms with Crippen LogP contribution in [0.4, 0.5) is 22.9 Å². The Labute approximate surface area is 156 Å². The Kier molecular flexibility index (Phi) is 3.48. The van der Waals surface area contributed by atoms with Crippen LogP contribution in [0.1, 0.15) is 5.56 Å². The molecule has 4 aromatic rings. The first-order chi connectivity index (χ1) is 13.2. The molecule has 7 nitrogen and oxygen atoms in total. The second-order valence-electron chi connectivity index (χ2n) is 6.45. The fraction of sp³-hybridized carbons (Fsp3) is 0.100. The summed E-state index contributed by atoms with van der Waals surface area (Å²) in [7, 11) is 1.92. The van der Waals surface area contributed by atoms with E-state index in [1.807, 2.05) is 42.2 Å². The Morgan fingerprint density at radius 3 is 2.67 bits per heavy atom. The van der Waals surface area contributed by atoms with Gasteiger partial charge in [-0.05, 0) is 48.4 Å². The van der Waals surface area contributed by atoms with Crippen molar-refractivity contribution in [3.63, 3.8) is 0 Å². The van der Waals surface area contributed by atoms with Crippen LogP contribution in [-0.4, -0.2) is 27.0 Å². The molecule has 5 rings (SSSR count). The first-order valence-electron chi connectivity index (χ1n) is 8.78. The SMILES string of the molecule is CNN1c2ccc(Nc3cc(-c4ccc(-n5cccn5)cc4)[nH]n3)c(C)c21. The zero-order valence-electron chi connectivity index (χ0n) is 15.1. The number of nitrogens with one attached hydrogen (secondary N) is 3. The predicted molar refractivity (Wildman–Crippen MR) is 107 cm³/mol. The number of hydrazine groups is 1. The van der Waals surface area contributed by atoms with Crippen LogP contribution in [0.3, 0.4) is 0 Å². The lowest BCUT2D eigenvalue weighted by Crippen LogP contribution is -2.16. The molecule has 27 heavy (non-hydrogen) atoms. The molecule has 2 aromatic carbocycles. The van der Waals surface area contributed by atoms with Crippen LogP contribution in [0.2, 0.25) is 0 Å². The predicted octanol–water partition coefficient (Wildman–Crippen LogP) is 3.90. The Bertz CT molecular complexity index is 1090. The second-order valence-corrected chi connectivity index (χ2v) is 6.45. The summed E-state index contributed by atoms with van der Waals surface area (Å²) in [5, 5.41) is 17.2. The lowest BCUT2D eigenvalue weighted by Gasteiger charge is -2.05. The van der Waals surface area contributed by atoms with Gasteiger partial charge in [0.2, 0.25) is 0 Å². The summed E-state index contributed by atoms with van der Waals surface area (Å²) in [6.45, 7) is 2.11. The van der Waals surface area contributed by atoms with Gasteiger partial charge in [0.1, 0.15) is 0 Å². The van der Waals surface area contributed by atoms with E-state index in [0.717, 1.165) is 28.5 Å². The molecule has 0 bridgehead atoms. The number of rotatable bonds is 5. The quantitative estimate of drug-likeness (QED) is 0.473. The number of hydrogen-bond acceptors (Lipinski definition) is 5. The van der Waals surface area contributed by atoms with Crippen LogP contribution in [0.5, 0.6) is 0 Å². The summed E-state index contributed by atoms with van der Waals surface area (Å²) in [6, 6.07) is 16.3. The highest BCUT2D eigenvalue weighted by molar-refractivity contribution is 5.97. The second kappa shape index (κ2) is 6.00. The van der Waals surface area contributed by atoms with Gasteiger partial charge in [0.05, 0.1) is 22.8 Å². The largest absolute Gasteiger partial charge is 0.338 e. The third-order valence-electron chi connectivity index (χ3n) is 4.84. The molecule has 0 saturated heterocycles. The minimum absolute atomic E-state index is 0.792. The molecule has 2 aromatic heterocycles. The monoisotopic (exact) mass is 357 g/mol. The fourth-order valence-electron chi connectivity index (χ4n) is 3.36. The van der Waals surface area contributed by atoms with Gasteiger partial charge in [-0.15, -0.1) is 0 Å². The minimum Gasteiger partial charge on any atom is -0.338 e. The van der Waals surface area contributed by atoms with Crippen molar-refractivity contribution >= 4 is 22.9 Å². The van der Waals surface area contributed by atoms with Crippen molar-refractivity contribution in [2.24, 2.45) is 0 Å². The number of aromatic amines is 1. The Balaban J connectivity index is 1.36. The number of hydrogen-bond donors (Lipinski definition) is 3. The Hall–Kier alpha value is -3.58. The summed E-state index contributed by atoms with van der Waals surface area (Å²) in [6.07, 6.45) is 3.70. The lowest BCUT2D eigenvalue weighted by molar-refractivity contribution is 0.880. The van der Waals surface area contributed by atoms with Crippen LogP contribution >= 0.6 is 0 Å². The molecule has 134 valence electrons. The van der Waals surface area contributed by atoms with Crippen LogP contribution in [0, 0.1) is 6.92 Å². The average molecular weight is 357 g/mol. The molecule has 1 aliphatic rings. The average Bonchev–Trinajstić information content (AvgIpc) is 3.06. The van der Waals surface area contributed by atoms with Crippen molar-refractivity contribution in [2.75, 3.05) is 17.4 Å². The zero-order chi connectivity index (χ0) is 18.4. The molecule has 3 N–H and O–H groups in total. The van der Waals surface area contributed by atoms with Crippen molar-refractivity contribution in [3.8, 4) is 16.9 Å². The van der Waals surface area contributed by atoms with Crippen LogP contribution in [0.15, 0.2) is 60.9 Å². The van der Waals surface area contributed by atoms with Crippen molar-refractivity contribution in [3.05, 3.63) is 66.5 Å². The van der Waals surface area contributed by atoms with Gasteiger partial charge in [-0.2, -0.15) is 10.2 Å². The van der Waals surface area contributed by atoms with E-state index in [2.05, 4.69) is 62.2 Å². The van der Waals surface area contributed by atoms with Gasteiger partial charge in [-0.1, -0.05) is 12.1 Å². The van der Waals surface area contributed by atoms with Gasteiger partial charge >= 0.3 is 0 Å². The third-order valence-corrected chi connectivity index (χ3v) is 4.84. The van der Waals surface area contributed by atoms with Gasteiger partial charge in [-0.25, -0.2) is 10.1 Å². The van der Waals surface area contributed by atoms with Crippen molar-refractivity contribution in [1.82, 2.24) is 25.4 Å². The van der Waals surface area contributed by atoms with Gasteiger partial charge < -0.3 is 5.32 Å². The standard InChI is InChI=1S/C20H19N7/c1-13-16(8-9-18-20(13)27(18)21-2)23-19-12-17(24-25-19)14-4-6-15(7-5-14)26-11-3-10-22-26/h3-12,21H,1-2H3,(H2,23,24,25). The normalized spacial score (nSPS) is 12.1. The Morgan fingerprint density at radius 1 is 1.07 bits per heavy atom. The highest BCUT2D eigenvalue weighted by Crippen LogP contribution is 2.50. The summed E-state index contributed by atoms with van der Waals surface area (Å²) in [5.41, 5.74) is 10.9. The summed E-state index contributed by atoms with van der Waals surface area (Å²) in [5.74, 6) is 0.792. The highest BCUT2D eigenvalue weighted by Gasteiger charge is 2.31. The lowest BCUT2D eigenvalue weighted by atomic mass is 10.1. The molecule has 0 fully saturated rings. The van der Waals surface area contributed by atoms with Crippen LogP contribution in [0.25, 0.3) is 16.9 Å². The molecular weight excluding hydrogens is 338 g/mol. The summed E-state index contributed by atoms with van der Waals surface area (Å²) < 4.78 is 1.84. The topological polar surface area (TPSA) is 73.6 Å². The zero-order valence-corrected chi connectivity index (χ0v) is 15.1. The van der Waals surface area contributed by atoms with E-state index in [1.54, 1.807) is 6.20 Å². The fourth-order valence-corrected chi connectivity index (χ4v) is 3.36. The number of benzene rings is 2. The first-order valence-corrected chi connectivity index (χ1v) is 8.78. The van der Waals surface area contributed by atoms with Gasteiger partial charge in [0.15, 0.2) is 5.82 Å². The van der Waals surface area contributed by atoms with Crippen molar-refractivity contribution in [2.45, 2.75) is 6.92 Å². The molecular formula is C20H19N7. The molecule has 0 atom stereocenters. The summed E-state index contributed by atoms with van der Waals surface area (Å²) in [4.78, 5) is 0. The van der Waals surface area contributed by atoms with E-state index in [-0.39, 0.29) is 0 Å². The number of nitrogens with zero attached hydrogens (tertiary/aromatic N) is 4. The maximum atomic E-state index is 4.40. The molecule has 0 unspecified atom stereocenters. The van der Waals surface area contributed by atoms with Gasteiger partial charge in [-0.3, -0.25) is 10.1 Å².